The molecule has 0 radical (unpaired) electrons. The normalized spacial score (nSPS) is 13.9. The molecule has 2 aromatic rings. The molecule has 0 fully saturated rings. The van der Waals surface area contributed by atoms with Crippen molar-refractivity contribution in [1.82, 2.24) is 4.31 Å². The molecule has 6 nitrogen and oxygen atoms in total. The first-order valence-electron chi connectivity index (χ1n) is 8.81. The molecule has 1 heterocycles. The molecule has 0 amide bonds. The van der Waals surface area contributed by atoms with Crippen molar-refractivity contribution in [3.05, 3.63) is 52.5 Å². The number of anilines is 1. The fourth-order valence-corrected chi connectivity index (χ4v) is 4.83. The van der Waals surface area contributed by atoms with E-state index in [1.807, 2.05) is 32.0 Å². The predicted octanol–water partition coefficient (Wildman–Crippen LogP) is 3.85. The number of sulfonamides is 1. The Labute approximate surface area is 165 Å². The van der Waals surface area contributed by atoms with Gasteiger partial charge in [0, 0.05) is 41.5 Å². The number of benzene rings is 2. The van der Waals surface area contributed by atoms with E-state index in [1.54, 1.807) is 18.2 Å². The van der Waals surface area contributed by atoms with E-state index < -0.39 is 10.0 Å². The molecule has 0 spiro atoms. The minimum atomic E-state index is -3.50. The van der Waals surface area contributed by atoms with Crippen LogP contribution < -0.4 is 10.1 Å². The van der Waals surface area contributed by atoms with Gasteiger partial charge in [0.25, 0.3) is 0 Å². The zero-order valence-electron chi connectivity index (χ0n) is 15.4. The van der Waals surface area contributed by atoms with Crippen LogP contribution in [0.3, 0.4) is 0 Å². The number of rotatable bonds is 7. The number of hydrogen-bond acceptors (Lipinski definition) is 5. The lowest BCUT2D eigenvalue weighted by atomic mass is 10.1. The Bertz CT molecular complexity index is 914. The van der Waals surface area contributed by atoms with Gasteiger partial charge in [0.15, 0.2) is 6.79 Å². The van der Waals surface area contributed by atoms with Gasteiger partial charge in [0.05, 0.1) is 11.5 Å². The Hall–Kier alpha value is -1.80. The molecule has 3 rings (SSSR count). The van der Waals surface area contributed by atoms with E-state index in [2.05, 4.69) is 5.32 Å². The van der Waals surface area contributed by atoms with E-state index >= 15 is 0 Å². The second-order valence-electron chi connectivity index (χ2n) is 6.13. The van der Waals surface area contributed by atoms with Crippen molar-refractivity contribution >= 4 is 27.3 Å². The van der Waals surface area contributed by atoms with Gasteiger partial charge in [-0.2, -0.15) is 4.31 Å². The maximum Gasteiger partial charge on any atom is 0.243 e. The Balaban J connectivity index is 1.81. The van der Waals surface area contributed by atoms with Crippen molar-refractivity contribution in [2.24, 2.45) is 0 Å². The molecular formula is C19H23ClN2O4S. The molecule has 0 unspecified atom stereocenters. The highest BCUT2D eigenvalue weighted by Crippen LogP contribution is 2.32. The summed E-state index contributed by atoms with van der Waals surface area (Å²) < 4.78 is 37.8. The van der Waals surface area contributed by atoms with E-state index in [0.29, 0.717) is 37.0 Å². The fraction of sp³-hybridized carbons (Fsp3) is 0.368. The molecule has 27 heavy (non-hydrogen) atoms. The first kappa shape index (κ1) is 19.9. The molecule has 0 atom stereocenters. The molecule has 0 saturated heterocycles. The number of nitrogens with zero attached hydrogens (tertiary/aromatic N) is 1. The van der Waals surface area contributed by atoms with Crippen LogP contribution in [0.5, 0.6) is 5.75 Å². The third-order valence-corrected chi connectivity index (χ3v) is 6.68. The average Bonchev–Trinajstić information content (AvgIpc) is 2.67. The zero-order valence-corrected chi connectivity index (χ0v) is 16.9. The highest BCUT2D eigenvalue weighted by molar-refractivity contribution is 7.89. The standard InChI is InChI=1S/C19H23ClN2O4S/c1-3-22(4-2)27(23,24)18-7-5-6-17(10-18)21-11-14-8-16(20)9-15-12-25-13-26-19(14)15/h5-10,21H,3-4,11-13H2,1-2H3. The molecule has 0 aliphatic carbocycles. The number of fused-ring (bicyclic) bond motifs is 1. The van der Waals surface area contributed by atoms with Gasteiger partial charge in [0.1, 0.15) is 5.75 Å². The number of hydrogen-bond donors (Lipinski definition) is 1. The summed E-state index contributed by atoms with van der Waals surface area (Å²) in [6, 6.07) is 10.5. The van der Waals surface area contributed by atoms with Crippen LogP contribution in [0, 0.1) is 0 Å². The van der Waals surface area contributed by atoms with Gasteiger partial charge >= 0.3 is 0 Å². The van der Waals surface area contributed by atoms with E-state index in [1.165, 1.54) is 4.31 Å². The van der Waals surface area contributed by atoms with Crippen molar-refractivity contribution in [3.63, 3.8) is 0 Å². The summed E-state index contributed by atoms with van der Waals surface area (Å²) in [5.74, 6) is 0.769. The van der Waals surface area contributed by atoms with E-state index in [9.17, 15) is 8.42 Å². The van der Waals surface area contributed by atoms with Crippen molar-refractivity contribution in [1.29, 1.82) is 0 Å². The minimum absolute atomic E-state index is 0.208. The van der Waals surface area contributed by atoms with Gasteiger partial charge in [-0.1, -0.05) is 31.5 Å². The smallest absolute Gasteiger partial charge is 0.243 e. The summed E-state index contributed by atoms with van der Waals surface area (Å²) in [5, 5.41) is 3.87. The lowest BCUT2D eigenvalue weighted by Crippen LogP contribution is -2.30. The van der Waals surface area contributed by atoms with Gasteiger partial charge in [-0.25, -0.2) is 8.42 Å². The maximum atomic E-state index is 12.7. The summed E-state index contributed by atoms with van der Waals surface area (Å²) >= 11 is 6.19. The third kappa shape index (κ3) is 4.38. The fourth-order valence-electron chi connectivity index (χ4n) is 3.06. The topological polar surface area (TPSA) is 67.9 Å². The SMILES string of the molecule is CCN(CC)S(=O)(=O)c1cccc(NCc2cc(Cl)cc3c2OCOC3)c1. The molecule has 1 aliphatic heterocycles. The van der Waals surface area contributed by atoms with Gasteiger partial charge in [0.2, 0.25) is 10.0 Å². The highest BCUT2D eigenvalue weighted by atomic mass is 35.5. The van der Waals surface area contributed by atoms with Crippen LogP contribution in [0.2, 0.25) is 5.02 Å². The Kier molecular flexibility index (Phi) is 6.26. The molecule has 1 aliphatic rings. The van der Waals surface area contributed by atoms with E-state index in [4.69, 9.17) is 21.1 Å². The van der Waals surface area contributed by atoms with Crippen molar-refractivity contribution in [2.75, 3.05) is 25.2 Å². The van der Waals surface area contributed by atoms with Crippen LogP contribution in [0.25, 0.3) is 0 Å². The lowest BCUT2D eigenvalue weighted by molar-refractivity contribution is -0.0169. The summed E-state index contributed by atoms with van der Waals surface area (Å²) in [6.45, 7) is 5.65. The van der Waals surface area contributed by atoms with Gasteiger partial charge in [-0.05, 0) is 30.3 Å². The Morgan fingerprint density at radius 2 is 1.96 bits per heavy atom. The second-order valence-corrected chi connectivity index (χ2v) is 8.51. The molecular weight excluding hydrogens is 388 g/mol. The molecule has 0 bridgehead atoms. The predicted molar refractivity (Wildman–Crippen MR) is 106 cm³/mol. The molecule has 8 heteroatoms. The largest absolute Gasteiger partial charge is 0.467 e. The van der Waals surface area contributed by atoms with Crippen molar-refractivity contribution in [3.8, 4) is 5.75 Å². The van der Waals surface area contributed by atoms with Crippen LogP contribution in [0.1, 0.15) is 25.0 Å². The van der Waals surface area contributed by atoms with Gasteiger partial charge in [-0.15, -0.1) is 0 Å². The zero-order chi connectivity index (χ0) is 19.4. The summed E-state index contributed by atoms with van der Waals surface area (Å²) in [7, 11) is -3.50. The van der Waals surface area contributed by atoms with Crippen LogP contribution in [0.15, 0.2) is 41.3 Å². The van der Waals surface area contributed by atoms with Gasteiger partial charge in [-0.3, -0.25) is 0 Å². The minimum Gasteiger partial charge on any atom is -0.467 e. The highest BCUT2D eigenvalue weighted by Gasteiger charge is 2.22. The van der Waals surface area contributed by atoms with Crippen LogP contribution >= 0.6 is 11.6 Å². The Morgan fingerprint density at radius 1 is 1.19 bits per heavy atom. The third-order valence-electron chi connectivity index (χ3n) is 4.41. The molecule has 1 N–H and O–H groups in total. The second kappa shape index (κ2) is 8.48. The first-order valence-corrected chi connectivity index (χ1v) is 10.6. The summed E-state index contributed by atoms with van der Waals surface area (Å²) in [6.07, 6.45) is 0. The molecule has 146 valence electrons. The van der Waals surface area contributed by atoms with Crippen molar-refractivity contribution in [2.45, 2.75) is 31.9 Å². The van der Waals surface area contributed by atoms with Crippen LogP contribution in [-0.4, -0.2) is 32.6 Å². The van der Waals surface area contributed by atoms with E-state index in [0.717, 1.165) is 16.9 Å². The number of ether oxygens (including phenoxy) is 2. The van der Waals surface area contributed by atoms with E-state index in [-0.39, 0.29) is 11.7 Å². The first-order chi connectivity index (χ1) is 13.0. The van der Waals surface area contributed by atoms with Gasteiger partial charge < -0.3 is 14.8 Å². The molecule has 0 aromatic heterocycles. The van der Waals surface area contributed by atoms with Crippen LogP contribution in [-0.2, 0) is 27.9 Å². The number of nitrogens with one attached hydrogen (secondary N) is 1. The average molecular weight is 411 g/mol. The Morgan fingerprint density at radius 3 is 2.70 bits per heavy atom. The molecule has 0 saturated carbocycles. The molecule has 2 aromatic carbocycles. The monoisotopic (exact) mass is 410 g/mol. The lowest BCUT2D eigenvalue weighted by Gasteiger charge is -2.22. The quantitative estimate of drug-likeness (QED) is 0.750. The van der Waals surface area contributed by atoms with Crippen molar-refractivity contribution < 1.29 is 17.9 Å². The number of halogens is 1. The summed E-state index contributed by atoms with van der Waals surface area (Å²) in [4.78, 5) is 0.272. The maximum absolute atomic E-state index is 12.7. The summed E-state index contributed by atoms with van der Waals surface area (Å²) in [5.41, 5.74) is 2.52. The van der Waals surface area contributed by atoms with Crippen LogP contribution in [0.4, 0.5) is 5.69 Å².